The number of carbonyl (C=O) groups excluding carboxylic acids is 1. The van der Waals surface area contributed by atoms with Crippen LogP contribution in [-0.2, 0) is 0 Å². The van der Waals surface area contributed by atoms with Crippen LogP contribution in [0.2, 0.25) is 0 Å². The molecular formula is C14H21N3OS. The third kappa shape index (κ3) is 3.86. The molecule has 0 aromatic carbocycles. The van der Waals surface area contributed by atoms with Crippen molar-refractivity contribution >= 4 is 23.5 Å². The zero-order valence-electron chi connectivity index (χ0n) is 11.6. The molecule has 19 heavy (non-hydrogen) atoms. The van der Waals surface area contributed by atoms with Crippen molar-refractivity contribution in [3.05, 3.63) is 23.9 Å². The highest BCUT2D eigenvalue weighted by atomic mass is 32.2. The molecule has 104 valence electrons. The molecule has 1 amide bonds. The Bertz CT molecular complexity index is 421. The summed E-state index contributed by atoms with van der Waals surface area (Å²) in [6.07, 6.45) is 2.73. The van der Waals surface area contributed by atoms with Crippen molar-refractivity contribution in [1.82, 2.24) is 9.88 Å². The van der Waals surface area contributed by atoms with Gasteiger partial charge in [-0.25, -0.2) is 4.98 Å². The Balaban J connectivity index is 1.98. The molecule has 0 bridgehead atoms. The zero-order valence-corrected chi connectivity index (χ0v) is 12.4. The van der Waals surface area contributed by atoms with Gasteiger partial charge in [0.2, 0.25) is 0 Å². The molecule has 1 fully saturated rings. The molecule has 0 saturated carbocycles. The van der Waals surface area contributed by atoms with Crippen LogP contribution >= 0.6 is 11.8 Å². The van der Waals surface area contributed by atoms with E-state index in [4.69, 9.17) is 0 Å². The monoisotopic (exact) mass is 279 g/mol. The van der Waals surface area contributed by atoms with E-state index in [2.05, 4.69) is 24.1 Å². The second-order valence-corrected chi connectivity index (χ2v) is 6.34. The average molecular weight is 279 g/mol. The lowest BCUT2D eigenvalue weighted by molar-refractivity contribution is 0.0763. The number of nitrogens with zero attached hydrogens (tertiary/aromatic N) is 2. The molecule has 1 atom stereocenters. The molecule has 0 radical (unpaired) electrons. The molecular weight excluding hydrogens is 258 g/mol. The van der Waals surface area contributed by atoms with Gasteiger partial charge in [-0.1, -0.05) is 13.8 Å². The van der Waals surface area contributed by atoms with Crippen molar-refractivity contribution in [3.63, 3.8) is 0 Å². The number of anilines is 1. The van der Waals surface area contributed by atoms with E-state index in [1.165, 1.54) is 0 Å². The Hall–Kier alpha value is -1.23. The minimum absolute atomic E-state index is 0.0988. The standard InChI is InChI=1S/C14H21N3OS/c1-3-6-15-13-5-4-12(9-16-13)14(18)17-7-8-19-11(2)10-17/h4-5,9,11H,3,6-8,10H2,1-2H3,(H,15,16). The first kappa shape index (κ1) is 14.2. The molecule has 2 rings (SSSR count). The lowest BCUT2D eigenvalue weighted by Gasteiger charge is -2.30. The molecule has 0 spiro atoms. The molecule has 2 heterocycles. The van der Waals surface area contributed by atoms with Gasteiger partial charge >= 0.3 is 0 Å². The van der Waals surface area contributed by atoms with Gasteiger partial charge in [0, 0.05) is 36.8 Å². The summed E-state index contributed by atoms with van der Waals surface area (Å²) in [6.45, 7) is 6.85. The molecule has 1 N–H and O–H groups in total. The number of thioether (sulfide) groups is 1. The first-order valence-corrected chi connectivity index (χ1v) is 7.86. The van der Waals surface area contributed by atoms with E-state index in [-0.39, 0.29) is 5.91 Å². The number of amides is 1. The van der Waals surface area contributed by atoms with Gasteiger partial charge in [0.05, 0.1) is 5.56 Å². The molecule has 1 saturated heterocycles. The summed E-state index contributed by atoms with van der Waals surface area (Å²) in [5.74, 6) is 1.96. The highest BCUT2D eigenvalue weighted by Gasteiger charge is 2.22. The van der Waals surface area contributed by atoms with E-state index in [9.17, 15) is 4.79 Å². The van der Waals surface area contributed by atoms with E-state index in [1.54, 1.807) is 6.20 Å². The fourth-order valence-corrected chi connectivity index (χ4v) is 3.08. The summed E-state index contributed by atoms with van der Waals surface area (Å²) in [5, 5.41) is 3.73. The Morgan fingerprint density at radius 3 is 3.05 bits per heavy atom. The van der Waals surface area contributed by atoms with Gasteiger partial charge in [-0.05, 0) is 18.6 Å². The summed E-state index contributed by atoms with van der Waals surface area (Å²) in [5.41, 5.74) is 0.682. The lowest BCUT2D eigenvalue weighted by atomic mass is 10.2. The van der Waals surface area contributed by atoms with Crippen molar-refractivity contribution in [3.8, 4) is 0 Å². The summed E-state index contributed by atoms with van der Waals surface area (Å²) < 4.78 is 0. The van der Waals surface area contributed by atoms with Crippen LogP contribution < -0.4 is 5.32 Å². The molecule has 4 nitrogen and oxygen atoms in total. The van der Waals surface area contributed by atoms with E-state index < -0.39 is 0 Å². The minimum atomic E-state index is 0.0988. The van der Waals surface area contributed by atoms with E-state index in [1.807, 2.05) is 28.8 Å². The van der Waals surface area contributed by atoms with Crippen molar-refractivity contribution in [1.29, 1.82) is 0 Å². The Kier molecular flexibility index (Phi) is 5.07. The second kappa shape index (κ2) is 6.80. The number of pyridine rings is 1. The summed E-state index contributed by atoms with van der Waals surface area (Å²) in [6, 6.07) is 3.74. The maximum Gasteiger partial charge on any atom is 0.255 e. The van der Waals surface area contributed by atoms with Gasteiger partial charge < -0.3 is 10.2 Å². The van der Waals surface area contributed by atoms with Gasteiger partial charge in [0.25, 0.3) is 5.91 Å². The predicted molar refractivity (Wildman–Crippen MR) is 80.8 cm³/mol. The number of aromatic nitrogens is 1. The van der Waals surface area contributed by atoms with E-state index in [0.717, 1.165) is 37.6 Å². The first-order valence-electron chi connectivity index (χ1n) is 6.81. The number of nitrogens with one attached hydrogen (secondary N) is 1. The van der Waals surface area contributed by atoms with Crippen LogP contribution in [0.3, 0.4) is 0 Å². The maximum atomic E-state index is 12.3. The zero-order chi connectivity index (χ0) is 13.7. The van der Waals surface area contributed by atoms with Crippen LogP contribution in [0.1, 0.15) is 30.6 Å². The minimum Gasteiger partial charge on any atom is -0.370 e. The number of hydrogen-bond donors (Lipinski definition) is 1. The van der Waals surface area contributed by atoms with Crippen molar-refractivity contribution in [2.24, 2.45) is 0 Å². The van der Waals surface area contributed by atoms with Gasteiger partial charge in [-0.15, -0.1) is 0 Å². The molecule has 1 unspecified atom stereocenters. The van der Waals surface area contributed by atoms with Crippen molar-refractivity contribution in [2.45, 2.75) is 25.5 Å². The van der Waals surface area contributed by atoms with Crippen molar-refractivity contribution in [2.75, 3.05) is 30.7 Å². The lowest BCUT2D eigenvalue weighted by Crippen LogP contribution is -2.41. The van der Waals surface area contributed by atoms with Crippen LogP contribution in [0.4, 0.5) is 5.82 Å². The van der Waals surface area contributed by atoms with Crippen LogP contribution in [0.25, 0.3) is 0 Å². The second-order valence-electron chi connectivity index (χ2n) is 4.79. The van der Waals surface area contributed by atoms with Gasteiger partial charge in [-0.2, -0.15) is 11.8 Å². The molecule has 1 aromatic rings. The first-order chi connectivity index (χ1) is 9.20. The number of hydrogen-bond acceptors (Lipinski definition) is 4. The summed E-state index contributed by atoms with van der Waals surface area (Å²) in [7, 11) is 0. The summed E-state index contributed by atoms with van der Waals surface area (Å²) >= 11 is 1.93. The quantitative estimate of drug-likeness (QED) is 0.919. The fraction of sp³-hybridized carbons (Fsp3) is 0.571. The van der Waals surface area contributed by atoms with Crippen LogP contribution in [-0.4, -0.2) is 46.4 Å². The Labute approximate surface area is 119 Å². The fourth-order valence-electron chi connectivity index (χ4n) is 2.06. The highest BCUT2D eigenvalue weighted by molar-refractivity contribution is 7.99. The Morgan fingerprint density at radius 2 is 2.42 bits per heavy atom. The SMILES string of the molecule is CCCNc1ccc(C(=O)N2CCSC(C)C2)cn1. The summed E-state index contributed by atoms with van der Waals surface area (Å²) in [4.78, 5) is 18.5. The van der Waals surface area contributed by atoms with E-state index in [0.29, 0.717) is 10.8 Å². The van der Waals surface area contributed by atoms with Crippen LogP contribution in [0.15, 0.2) is 18.3 Å². The molecule has 1 aliphatic heterocycles. The maximum absolute atomic E-state index is 12.3. The van der Waals surface area contributed by atoms with Crippen molar-refractivity contribution < 1.29 is 4.79 Å². The smallest absolute Gasteiger partial charge is 0.255 e. The van der Waals surface area contributed by atoms with E-state index >= 15 is 0 Å². The molecule has 1 aliphatic rings. The van der Waals surface area contributed by atoms with Crippen LogP contribution in [0.5, 0.6) is 0 Å². The third-order valence-electron chi connectivity index (χ3n) is 3.09. The normalized spacial score (nSPS) is 19.3. The van der Waals surface area contributed by atoms with Gasteiger partial charge in [0.1, 0.15) is 5.82 Å². The highest BCUT2D eigenvalue weighted by Crippen LogP contribution is 2.19. The predicted octanol–water partition coefficient (Wildman–Crippen LogP) is 2.48. The van der Waals surface area contributed by atoms with Gasteiger partial charge in [-0.3, -0.25) is 4.79 Å². The molecule has 5 heteroatoms. The van der Waals surface area contributed by atoms with Crippen LogP contribution in [0, 0.1) is 0 Å². The topological polar surface area (TPSA) is 45.2 Å². The number of carbonyl (C=O) groups is 1. The largest absolute Gasteiger partial charge is 0.370 e. The Morgan fingerprint density at radius 1 is 1.58 bits per heavy atom. The average Bonchev–Trinajstić information content (AvgIpc) is 2.45. The third-order valence-corrected chi connectivity index (χ3v) is 4.23. The molecule has 0 aliphatic carbocycles. The molecule has 1 aromatic heterocycles. The van der Waals surface area contributed by atoms with Gasteiger partial charge in [0.15, 0.2) is 0 Å². The number of rotatable bonds is 4.